The molecule has 1 unspecified atom stereocenters. The van der Waals surface area contributed by atoms with Crippen LogP contribution in [0, 0.1) is 5.92 Å². The van der Waals surface area contributed by atoms with Gasteiger partial charge in [0.05, 0.1) is 5.92 Å². The molecule has 13 heavy (non-hydrogen) atoms. The van der Waals surface area contributed by atoms with Crippen LogP contribution < -0.4 is 5.73 Å². The van der Waals surface area contributed by atoms with E-state index in [1.807, 2.05) is 0 Å². The summed E-state index contributed by atoms with van der Waals surface area (Å²) in [6.45, 7) is 1.48. The molecule has 1 saturated carbocycles. The van der Waals surface area contributed by atoms with E-state index in [1.165, 1.54) is 25.7 Å². The second-order valence-corrected chi connectivity index (χ2v) is 4.19. The average molecular weight is 182 g/mol. The fourth-order valence-corrected chi connectivity index (χ4v) is 2.56. The van der Waals surface area contributed by atoms with E-state index in [-0.39, 0.29) is 5.92 Å². The van der Waals surface area contributed by atoms with Crippen molar-refractivity contribution in [2.75, 3.05) is 13.1 Å². The molecule has 1 aliphatic carbocycles. The summed E-state index contributed by atoms with van der Waals surface area (Å²) in [5, 5.41) is 0. The molecule has 0 aromatic rings. The lowest BCUT2D eigenvalue weighted by atomic mass is 10.1. The summed E-state index contributed by atoms with van der Waals surface area (Å²) < 4.78 is 0. The maximum Gasteiger partial charge on any atom is 0.227 e. The van der Waals surface area contributed by atoms with E-state index in [1.54, 1.807) is 0 Å². The Labute approximate surface area is 79.3 Å². The lowest BCUT2D eigenvalue weighted by molar-refractivity contribution is -0.132. The van der Waals surface area contributed by atoms with Gasteiger partial charge in [0.15, 0.2) is 0 Å². The van der Waals surface area contributed by atoms with E-state index in [2.05, 4.69) is 4.90 Å². The molecule has 2 fully saturated rings. The van der Waals surface area contributed by atoms with Crippen molar-refractivity contribution in [1.82, 2.24) is 4.90 Å². The molecule has 0 bridgehead atoms. The highest BCUT2D eigenvalue weighted by Gasteiger charge is 2.35. The zero-order valence-corrected chi connectivity index (χ0v) is 8.04. The Morgan fingerprint density at radius 1 is 1.31 bits per heavy atom. The summed E-state index contributed by atoms with van der Waals surface area (Å²) >= 11 is 0. The predicted molar refractivity (Wildman–Crippen MR) is 51.1 cm³/mol. The number of hydrogen-bond donors (Lipinski definition) is 1. The summed E-state index contributed by atoms with van der Waals surface area (Å²) in [4.78, 5) is 13.8. The van der Waals surface area contributed by atoms with Gasteiger partial charge in [0.1, 0.15) is 0 Å². The van der Waals surface area contributed by atoms with Crippen LogP contribution in [0.5, 0.6) is 0 Å². The first-order valence-electron chi connectivity index (χ1n) is 5.33. The molecule has 74 valence electrons. The quantitative estimate of drug-likeness (QED) is 0.684. The van der Waals surface area contributed by atoms with Gasteiger partial charge < -0.3 is 10.6 Å². The van der Waals surface area contributed by atoms with Gasteiger partial charge >= 0.3 is 0 Å². The highest BCUT2D eigenvalue weighted by Crippen LogP contribution is 2.28. The van der Waals surface area contributed by atoms with Crippen molar-refractivity contribution in [2.24, 2.45) is 11.7 Å². The van der Waals surface area contributed by atoms with Crippen LogP contribution in [0.4, 0.5) is 0 Å². The molecule has 1 amide bonds. The first-order valence-corrected chi connectivity index (χ1v) is 5.33. The number of carbonyl (C=O) groups is 1. The molecule has 3 heteroatoms. The number of carbonyl (C=O) groups excluding carboxylic acids is 1. The summed E-state index contributed by atoms with van der Waals surface area (Å²) in [6, 6.07) is 0.545. The molecule has 1 saturated heterocycles. The summed E-state index contributed by atoms with van der Waals surface area (Å²) in [5.41, 5.74) is 5.54. The lowest BCUT2D eigenvalue weighted by Gasteiger charge is -2.23. The van der Waals surface area contributed by atoms with Gasteiger partial charge in [0, 0.05) is 19.1 Å². The largest absolute Gasteiger partial charge is 0.339 e. The monoisotopic (exact) mass is 182 g/mol. The van der Waals surface area contributed by atoms with Gasteiger partial charge in [-0.1, -0.05) is 12.8 Å². The first-order chi connectivity index (χ1) is 6.33. The van der Waals surface area contributed by atoms with Gasteiger partial charge in [-0.05, 0) is 19.3 Å². The molecule has 0 aromatic carbocycles. The predicted octanol–water partition coefficient (Wildman–Crippen LogP) is 0.736. The van der Waals surface area contributed by atoms with E-state index < -0.39 is 0 Å². The van der Waals surface area contributed by atoms with E-state index in [0.29, 0.717) is 18.5 Å². The van der Waals surface area contributed by atoms with Crippen LogP contribution in [0.3, 0.4) is 0 Å². The van der Waals surface area contributed by atoms with Crippen molar-refractivity contribution in [3.05, 3.63) is 0 Å². The molecule has 0 spiro atoms. The van der Waals surface area contributed by atoms with Crippen LogP contribution in [-0.2, 0) is 4.79 Å². The Kier molecular flexibility index (Phi) is 2.54. The Morgan fingerprint density at radius 2 is 2.00 bits per heavy atom. The van der Waals surface area contributed by atoms with Crippen molar-refractivity contribution < 1.29 is 4.79 Å². The summed E-state index contributed by atoms with van der Waals surface area (Å²) in [5.74, 6) is 0.440. The topological polar surface area (TPSA) is 46.3 Å². The molecule has 0 aromatic heterocycles. The summed E-state index contributed by atoms with van der Waals surface area (Å²) in [7, 11) is 0. The molecule has 2 rings (SSSR count). The van der Waals surface area contributed by atoms with Crippen molar-refractivity contribution in [3.8, 4) is 0 Å². The van der Waals surface area contributed by atoms with Gasteiger partial charge in [0.25, 0.3) is 0 Å². The highest BCUT2D eigenvalue weighted by molar-refractivity contribution is 5.81. The van der Waals surface area contributed by atoms with Gasteiger partial charge in [-0.15, -0.1) is 0 Å². The van der Waals surface area contributed by atoms with E-state index in [0.717, 1.165) is 13.0 Å². The smallest absolute Gasteiger partial charge is 0.227 e. The fourth-order valence-electron chi connectivity index (χ4n) is 2.56. The molecule has 1 aliphatic heterocycles. The Balaban J connectivity index is 1.97. The zero-order chi connectivity index (χ0) is 9.26. The number of likely N-dealkylation sites (tertiary alicyclic amines) is 1. The summed E-state index contributed by atoms with van der Waals surface area (Å²) in [6.07, 6.45) is 5.99. The van der Waals surface area contributed by atoms with Crippen LogP contribution in [0.2, 0.25) is 0 Å². The van der Waals surface area contributed by atoms with Crippen LogP contribution in [0.1, 0.15) is 32.1 Å². The Bertz CT molecular complexity index is 199. The van der Waals surface area contributed by atoms with Gasteiger partial charge in [-0.2, -0.15) is 0 Å². The molecule has 0 radical (unpaired) electrons. The van der Waals surface area contributed by atoms with Gasteiger partial charge in [-0.3, -0.25) is 4.79 Å². The van der Waals surface area contributed by atoms with E-state index >= 15 is 0 Å². The second-order valence-electron chi connectivity index (χ2n) is 4.19. The number of nitrogens with two attached hydrogens (primary N) is 1. The maximum atomic E-state index is 11.8. The third-order valence-corrected chi connectivity index (χ3v) is 3.40. The van der Waals surface area contributed by atoms with Crippen molar-refractivity contribution in [3.63, 3.8) is 0 Å². The normalized spacial score (nSPS) is 30.4. The molecule has 1 atom stereocenters. The molecule has 1 heterocycles. The van der Waals surface area contributed by atoms with Gasteiger partial charge in [0.2, 0.25) is 5.91 Å². The van der Waals surface area contributed by atoms with Crippen LogP contribution >= 0.6 is 0 Å². The Morgan fingerprint density at radius 3 is 2.54 bits per heavy atom. The average Bonchev–Trinajstić information content (AvgIpc) is 2.72. The third-order valence-electron chi connectivity index (χ3n) is 3.40. The number of nitrogens with zero attached hydrogens (tertiary/aromatic N) is 1. The molecular formula is C10H18N2O. The van der Waals surface area contributed by atoms with E-state index in [4.69, 9.17) is 5.73 Å². The van der Waals surface area contributed by atoms with Crippen LogP contribution in [-0.4, -0.2) is 29.9 Å². The fraction of sp³-hybridized carbons (Fsp3) is 0.900. The number of amides is 1. The minimum atomic E-state index is 0.126. The van der Waals surface area contributed by atoms with Crippen molar-refractivity contribution in [1.29, 1.82) is 0 Å². The molecule has 2 aliphatic rings. The Hall–Kier alpha value is -0.570. The standard InChI is InChI=1S/C10H18N2O/c11-7-8-5-6-12(10(8)13)9-3-1-2-4-9/h8-9H,1-7,11H2. The minimum Gasteiger partial charge on any atom is -0.339 e. The minimum absolute atomic E-state index is 0.126. The number of hydrogen-bond acceptors (Lipinski definition) is 2. The second kappa shape index (κ2) is 3.66. The SMILES string of the molecule is NCC1CCN(C2CCCC2)C1=O. The van der Waals surface area contributed by atoms with Crippen molar-refractivity contribution >= 4 is 5.91 Å². The first kappa shape index (κ1) is 9.00. The zero-order valence-electron chi connectivity index (χ0n) is 8.04. The molecule has 3 nitrogen and oxygen atoms in total. The molecule has 2 N–H and O–H groups in total. The highest BCUT2D eigenvalue weighted by atomic mass is 16.2. The maximum absolute atomic E-state index is 11.8. The van der Waals surface area contributed by atoms with Crippen molar-refractivity contribution in [2.45, 2.75) is 38.1 Å². The van der Waals surface area contributed by atoms with Crippen LogP contribution in [0.25, 0.3) is 0 Å². The molecular weight excluding hydrogens is 164 g/mol. The van der Waals surface area contributed by atoms with E-state index in [9.17, 15) is 4.79 Å². The lowest BCUT2D eigenvalue weighted by Crippen LogP contribution is -2.37. The number of rotatable bonds is 2. The van der Waals surface area contributed by atoms with Crippen LogP contribution in [0.15, 0.2) is 0 Å². The van der Waals surface area contributed by atoms with Gasteiger partial charge in [-0.25, -0.2) is 0 Å². The third kappa shape index (κ3) is 1.57.